The van der Waals surface area contributed by atoms with E-state index >= 15 is 0 Å². The van der Waals surface area contributed by atoms with Crippen molar-refractivity contribution in [3.8, 4) is 0 Å². The quantitative estimate of drug-likeness (QED) is 0.188. The third-order valence-electron chi connectivity index (χ3n) is 2.40. The summed E-state index contributed by atoms with van der Waals surface area (Å²) in [6, 6.07) is 1.02. The van der Waals surface area contributed by atoms with Gasteiger partial charge in [0.1, 0.15) is 17.0 Å². The van der Waals surface area contributed by atoms with Crippen LogP contribution in [0.15, 0.2) is 9.72 Å². The second-order valence-electron chi connectivity index (χ2n) is 5.17. The molecule has 0 radical (unpaired) electrons. The predicted molar refractivity (Wildman–Crippen MR) is 78.2 cm³/mol. The lowest BCUT2D eigenvalue weighted by Crippen LogP contribution is -2.22. The Morgan fingerprint density at radius 2 is 2.26 bits per heavy atom. The van der Waals surface area contributed by atoms with Crippen molar-refractivity contribution in [3.05, 3.63) is 20.7 Å². The van der Waals surface area contributed by atoms with Gasteiger partial charge in [-0.2, -0.15) is 0 Å². The number of imidazole rings is 1. The highest BCUT2D eigenvalue weighted by Crippen LogP contribution is 2.22. The first kappa shape index (κ1) is 15.9. The lowest BCUT2D eigenvalue weighted by Gasteiger charge is -2.16. The molecule has 0 atom stereocenters. The van der Waals surface area contributed by atoms with Crippen LogP contribution in [-0.4, -0.2) is 30.5 Å². The molecule has 0 unspecified atom stereocenters. The Morgan fingerprint density at radius 3 is 2.79 bits per heavy atom. The molecule has 0 fully saturated rings. The zero-order valence-corrected chi connectivity index (χ0v) is 13.7. The maximum absolute atomic E-state index is 11.0. The third-order valence-corrected chi connectivity index (χ3v) is 4.69. The van der Waals surface area contributed by atoms with Gasteiger partial charge in [0.05, 0.1) is 0 Å². The maximum Gasteiger partial charge on any atom is 0.200 e. The van der Waals surface area contributed by atoms with Crippen LogP contribution in [0.2, 0.25) is 25.7 Å². The Labute approximate surface area is 120 Å². The minimum absolute atomic E-state index is 0.115. The van der Waals surface area contributed by atoms with Gasteiger partial charge >= 0.3 is 0 Å². The highest BCUT2D eigenvalue weighted by Gasteiger charge is 2.15. The van der Waals surface area contributed by atoms with Crippen LogP contribution >= 0.6 is 15.9 Å². The number of halogens is 1. The minimum Gasteiger partial charge on any atom is -0.361 e. The van der Waals surface area contributed by atoms with Crippen LogP contribution in [-0.2, 0) is 11.5 Å². The molecule has 0 aliphatic heterocycles. The van der Waals surface area contributed by atoms with Crippen LogP contribution in [0.1, 0.15) is 10.5 Å². The van der Waals surface area contributed by atoms with Crippen molar-refractivity contribution in [1.29, 1.82) is 0 Å². The van der Waals surface area contributed by atoms with E-state index in [-0.39, 0.29) is 12.7 Å². The Kier molecular flexibility index (Phi) is 5.74. The summed E-state index contributed by atoms with van der Waals surface area (Å²) in [7, 11) is -1.15. The number of carbonyl (C=O) groups is 1. The van der Waals surface area contributed by atoms with Crippen LogP contribution in [0.25, 0.3) is 10.4 Å². The van der Waals surface area contributed by atoms with E-state index in [1.165, 1.54) is 4.57 Å². The van der Waals surface area contributed by atoms with E-state index in [1.54, 1.807) is 0 Å². The van der Waals surface area contributed by atoms with Crippen molar-refractivity contribution < 1.29 is 9.53 Å². The SMILES string of the molecule is C[Si](C)(C)CCOCn1c(N=[N+]=[N-])nc(Br)c1C=O. The number of nitrogens with zero attached hydrogens (tertiary/aromatic N) is 5. The third kappa shape index (κ3) is 4.79. The van der Waals surface area contributed by atoms with Gasteiger partial charge in [-0.25, -0.2) is 4.98 Å². The van der Waals surface area contributed by atoms with Gasteiger partial charge in [0.2, 0.25) is 5.95 Å². The highest BCUT2D eigenvalue weighted by molar-refractivity contribution is 9.10. The van der Waals surface area contributed by atoms with E-state index < -0.39 is 8.07 Å². The number of azide groups is 1. The summed E-state index contributed by atoms with van der Waals surface area (Å²) < 4.78 is 7.32. The van der Waals surface area contributed by atoms with Gasteiger partial charge in [-0.3, -0.25) is 9.36 Å². The summed E-state index contributed by atoms with van der Waals surface area (Å²) in [5, 5.41) is 3.44. The summed E-state index contributed by atoms with van der Waals surface area (Å²) in [5.74, 6) is 0.115. The number of aromatic nitrogens is 2. The van der Waals surface area contributed by atoms with Gasteiger partial charge in [0.15, 0.2) is 6.29 Å². The number of carbonyl (C=O) groups excluding carboxylic acids is 1. The molecule has 0 aliphatic carbocycles. The van der Waals surface area contributed by atoms with Crippen LogP contribution in [0.5, 0.6) is 0 Å². The second kappa shape index (κ2) is 6.85. The van der Waals surface area contributed by atoms with E-state index in [0.717, 1.165) is 6.04 Å². The summed E-state index contributed by atoms with van der Waals surface area (Å²) in [6.45, 7) is 7.52. The first-order valence-corrected chi connectivity index (χ1v) is 10.2. The number of hydrogen-bond donors (Lipinski definition) is 0. The molecule has 19 heavy (non-hydrogen) atoms. The molecule has 0 aromatic carbocycles. The number of rotatable bonds is 7. The van der Waals surface area contributed by atoms with Gasteiger partial charge in [-0.1, -0.05) is 19.6 Å². The standard InChI is InChI=1S/C10H16BrN5O2Si/c1-19(2,3)5-4-18-7-16-8(6-17)9(11)13-10(16)14-15-12/h6H,4-5,7H2,1-3H3. The monoisotopic (exact) mass is 345 g/mol. The molecule has 9 heteroatoms. The van der Waals surface area contributed by atoms with Crippen LogP contribution in [0, 0.1) is 0 Å². The van der Waals surface area contributed by atoms with Crippen molar-refractivity contribution in [1.82, 2.24) is 9.55 Å². The molecular formula is C10H16BrN5O2Si. The van der Waals surface area contributed by atoms with E-state index in [9.17, 15) is 4.79 Å². The van der Waals surface area contributed by atoms with E-state index in [0.29, 0.717) is 23.2 Å². The molecule has 1 heterocycles. The molecule has 1 rings (SSSR count). The van der Waals surface area contributed by atoms with Gasteiger partial charge < -0.3 is 4.74 Å². The zero-order valence-electron chi connectivity index (χ0n) is 11.1. The number of aldehydes is 1. The lowest BCUT2D eigenvalue weighted by atomic mass is 10.5. The molecule has 1 aromatic rings. The van der Waals surface area contributed by atoms with Crippen molar-refractivity contribution in [2.45, 2.75) is 32.4 Å². The van der Waals surface area contributed by atoms with Crippen LogP contribution in [0.4, 0.5) is 5.95 Å². The second-order valence-corrected chi connectivity index (χ2v) is 11.5. The van der Waals surface area contributed by atoms with Crippen LogP contribution < -0.4 is 0 Å². The molecule has 7 nitrogen and oxygen atoms in total. The fourth-order valence-corrected chi connectivity index (χ4v) is 2.54. The van der Waals surface area contributed by atoms with E-state index in [1.807, 2.05) is 0 Å². The average molecular weight is 346 g/mol. The first-order chi connectivity index (χ1) is 8.89. The van der Waals surface area contributed by atoms with E-state index in [4.69, 9.17) is 10.3 Å². The van der Waals surface area contributed by atoms with Crippen molar-refractivity contribution in [3.63, 3.8) is 0 Å². The molecule has 0 saturated heterocycles. The molecule has 0 N–H and O–H groups in total. The molecular weight excluding hydrogens is 330 g/mol. The minimum atomic E-state index is -1.15. The normalized spacial score (nSPS) is 11.2. The summed E-state index contributed by atoms with van der Waals surface area (Å²) >= 11 is 3.14. The molecule has 0 aliphatic rings. The number of hydrogen-bond acceptors (Lipinski definition) is 4. The molecule has 0 spiro atoms. The van der Waals surface area contributed by atoms with Gasteiger partial charge in [0.25, 0.3) is 0 Å². The van der Waals surface area contributed by atoms with Crippen molar-refractivity contribution >= 4 is 36.2 Å². The lowest BCUT2D eigenvalue weighted by molar-refractivity contribution is 0.0845. The van der Waals surface area contributed by atoms with Gasteiger partial charge in [-0.15, -0.1) is 0 Å². The average Bonchev–Trinajstić information content (AvgIpc) is 2.60. The number of ether oxygens (including phenoxy) is 1. The Morgan fingerprint density at radius 1 is 1.58 bits per heavy atom. The van der Waals surface area contributed by atoms with Crippen molar-refractivity contribution in [2.75, 3.05) is 6.61 Å². The largest absolute Gasteiger partial charge is 0.361 e. The maximum atomic E-state index is 11.0. The molecule has 0 bridgehead atoms. The fourth-order valence-electron chi connectivity index (χ4n) is 1.31. The molecule has 0 saturated carbocycles. The van der Waals surface area contributed by atoms with E-state index in [2.05, 4.69) is 50.6 Å². The van der Waals surface area contributed by atoms with Gasteiger partial charge in [0, 0.05) is 19.6 Å². The molecule has 0 amide bonds. The topological polar surface area (TPSA) is 92.9 Å². The zero-order chi connectivity index (χ0) is 14.5. The molecule has 1 aromatic heterocycles. The highest BCUT2D eigenvalue weighted by atomic mass is 79.9. The van der Waals surface area contributed by atoms with Gasteiger partial charge in [-0.05, 0) is 32.6 Å². The van der Waals surface area contributed by atoms with Crippen molar-refractivity contribution in [2.24, 2.45) is 5.11 Å². The summed E-state index contributed by atoms with van der Waals surface area (Å²) in [6.07, 6.45) is 0.648. The summed E-state index contributed by atoms with van der Waals surface area (Å²) in [4.78, 5) is 17.6. The summed E-state index contributed by atoms with van der Waals surface area (Å²) in [5.41, 5.74) is 8.76. The Bertz CT molecular complexity index is 505. The first-order valence-electron chi connectivity index (χ1n) is 5.73. The Balaban J connectivity index is 2.76. The Hall–Kier alpha value is -1.15. The van der Waals surface area contributed by atoms with Crippen LogP contribution in [0.3, 0.4) is 0 Å². The predicted octanol–water partition coefficient (Wildman–Crippen LogP) is 3.71. The molecule has 104 valence electrons. The fraction of sp³-hybridized carbons (Fsp3) is 0.600. The smallest absolute Gasteiger partial charge is 0.200 e.